The maximum atomic E-state index is 12.4. The highest BCUT2D eigenvalue weighted by Gasteiger charge is 2.35. The molecule has 19 heavy (non-hydrogen) atoms. The number of nitrogens with two attached hydrogens (primary N) is 1. The van der Waals surface area contributed by atoms with Gasteiger partial charge in [0.25, 0.3) is 0 Å². The van der Waals surface area contributed by atoms with Crippen molar-refractivity contribution in [3.63, 3.8) is 0 Å². The third-order valence-electron chi connectivity index (χ3n) is 4.09. The standard InChI is InChI=1S/C15H28N2O2/c1-12-8-6-7-11-15(2,3)17(12)14(19)10-5-4-9-13(16)18/h12H,4-11H2,1-3H3,(H2,16,18). The lowest BCUT2D eigenvalue weighted by Crippen LogP contribution is -2.51. The SMILES string of the molecule is CC1CCCCC(C)(C)N1C(=O)CCCCC(N)=O. The van der Waals surface area contributed by atoms with Crippen molar-refractivity contribution >= 4 is 11.8 Å². The van der Waals surface area contributed by atoms with Gasteiger partial charge < -0.3 is 10.6 Å². The zero-order chi connectivity index (χ0) is 14.5. The molecule has 4 heteroatoms. The van der Waals surface area contributed by atoms with E-state index < -0.39 is 0 Å². The molecule has 0 aromatic carbocycles. The molecule has 2 N–H and O–H groups in total. The second-order valence-electron chi connectivity index (χ2n) is 6.34. The summed E-state index contributed by atoms with van der Waals surface area (Å²) in [5.41, 5.74) is 5.06. The van der Waals surface area contributed by atoms with E-state index in [1.807, 2.05) is 0 Å². The number of likely N-dealkylation sites (tertiary alicyclic amines) is 1. The smallest absolute Gasteiger partial charge is 0.223 e. The van der Waals surface area contributed by atoms with Crippen molar-refractivity contribution in [2.45, 2.75) is 83.7 Å². The van der Waals surface area contributed by atoms with Crippen molar-refractivity contribution < 1.29 is 9.59 Å². The Balaban J connectivity index is 2.54. The van der Waals surface area contributed by atoms with Gasteiger partial charge in [-0.1, -0.05) is 12.8 Å². The van der Waals surface area contributed by atoms with Gasteiger partial charge in [0, 0.05) is 24.4 Å². The van der Waals surface area contributed by atoms with E-state index in [1.165, 1.54) is 12.8 Å². The Hall–Kier alpha value is -1.06. The van der Waals surface area contributed by atoms with Crippen LogP contribution in [0.3, 0.4) is 0 Å². The number of carbonyl (C=O) groups excluding carboxylic acids is 2. The summed E-state index contributed by atoms with van der Waals surface area (Å²) < 4.78 is 0. The molecule has 1 fully saturated rings. The van der Waals surface area contributed by atoms with Gasteiger partial charge in [-0.2, -0.15) is 0 Å². The number of nitrogens with zero attached hydrogens (tertiary/aromatic N) is 1. The van der Waals surface area contributed by atoms with E-state index in [0.717, 1.165) is 19.3 Å². The highest BCUT2D eigenvalue weighted by Crippen LogP contribution is 2.31. The van der Waals surface area contributed by atoms with Crippen LogP contribution in [-0.2, 0) is 9.59 Å². The molecule has 1 rings (SSSR count). The lowest BCUT2D eigenvalue weighted by Gasteiger charge is -2.41. The average Bonchev–Trinajstić information content (AvgIpc) is 2.42. The van der Waals surface area contributed by atoms with E-state index in [-0.39, 0.29) is 17.4 Å². The molecule has 1 atom stereocenters. The first kappa shape index (κ1) is 16.0. The largest absolute Gasteiger partial charge is 0.370 e. The lowest BCUT2D eigenvalue weighted by molar-refractivity contribution is -0.139. The van der Waals surface area contributed by atoms with E-state index in [9.17, 15) is 9.59 Å². The van der Waals surface area contributed by atoms with Crippen LogP contribution >= 0.6 is 0 Å². The number of carbonyl (C=O) groups is 2. The number of amides is 2. The summed E-state index contributed by atoms with van der Waals surface area (Å²) in [6, 6.07) is 0.321. The van der Waals surface area contributed by atoms with Gasteiger partial charge in [-0.25, -0.2) is 0 Å². The van der Waals surface area contributed by atoms with Gasteiger partial charge in [-0.3, -0.25) is 9.59 Å². The Morgan fingerprint density at radius 2 is 1.84 bits per heavy atom. The van der Waals surface area contributed by atoms with Gasteiger partial charge in [0.2, 0.25) is 11.8 Å². The van der Waals surface area contributed by atoms with E-state index in [2.05, 4.69) is 25.7 Å². The van der Waals surface area contributed by atoms with E-state index in [4.69, 9.17) is 5.73 Å². The van der Waals surface area contributed by atoms with Gasteiger partial charge in [-0.15, -0.1) is 0 Å². The number of unbranched alkanes of at least 4 members (excludes halogenated alkanes) is 1. The fourth-order valence-electron chi connectivity index (χ4n) is 3.12. The third kappa shape index (κ3) is 4.84. The van der Waals surface area contributed by atoms with Crippen molar-refractivity contribution in [3.05, 3.63) is 0 Å². The maximum absolute atomic E-state index is 12.4. The van der Waals surface area contributed by atoms with Crippen LogP contribution < -0.4 is 5.73 Å². The van der Waals surface area contributed by atoms with Crippen molar-refractivity contribution in [3.8, 4) is 0 Å². The molecule has 110 valence electrons. The fourth-order valence-corrected chi connectivity index (χ4v) is 3.12. The summed E-state index contributed by atoms with van der Waals surface area (Å²) in [5.74, 6) is -0.0558. The van der Waals surface area contributed by atoms with Crippen LogP contribution in [0.4, 0.5) is 0 Å². The normalized spacial score (nSPS) is 22.9. The highest BCUT2D eigenvalue weighted by molar-refractivity contribution is 5.77. The van der Waals surface area contributed by atoms with Crippen LogP contribution in [-0.4, -0.2) is 28.3 Å². The molecule has 0 aromatic rings. The molecule has 4 nitrogen and oxygen atoms in total. The monoisotopic (exact) mass is 268 g/mol. The molecule has 1 saturated heterocycles. The third-order valence-corrected chi connectivity index (χ3v) is 4.09. The molecule has 0 spiro atoms. The van der Waals surface area contributed by atoms with Crippen molar-refractivity contribution in [2.24, 2.45) is 5.73 Å². The van der Waals surface area contributed by atoms with Crippen LogP contribution in [0.15, 0.2) is 0 Å². The molecule has 1 aliphatic rings. The van der Waals surface area contributed by atoms with E-state index in [0.29, 0.717) is 25.3 Å². The molecule has 0 aromatic heterocycles. The minimum absolute atomic E-state index is 0.0450. The predicted octanol–water partition coefficient (Wildman–Crippen LogP) is 2.60. The Labute approximate surface area is 116 Å². The second-order valence-corrected chi connectivity index (χ2v) is 6.34. The summed E-state index contributed by atoms with van der Waals surface area (Å²) >= 11 is 0. The topological polar surface area (TPSA) is 63.4 Å². The lowest BCUT2D eigenvalue weighted by atomic mass is 9.95. The Morgan fingerprint density at radius 1 is 1.21 bits per heavy atom. The minimum atomic E-state index is -0.282. The molecule has 0 radical (unpaired) electrons. The van der Waals surface area contributed by atoms with Crippen molar-refractivity contribution in [1.82, 2.24) is 4.90 Å². The van der Waals surface area contributed by atoms with Crippen LogP contribution in [0, 0.1) is 0 Å². The van der Waals surface area contributed by atoms with Gasteiger partial charge in [0.05, 0.1) is 0 Å². The van der Waals surface area contributed by atoms with Gasteiger partial charge in [0.1, 0.15) is 0 Å². The first-order valence-corrected chi connectivity index (χ1v) is 7.45. The van der Waals surface area contributed by atoms with Crippen LogP contribution in [0.5, 0.6) is 0 Å². The molecule has 2 amide bonds. The van der Waals surface area contributed by atoms with E-state index >= 15 is 0 Å². The summed E-state index contributed by atoms with van der Waals surface area (Å²) in [5, 5.41) is 0. The van der Waals surface area contributed by atoms with Crippen LogP contribution in [0.2, 0.25) is 0 Å². The Bertz CT molecular complexity index is 326. The number of rotatable bonds is 5. The molecular formula is C15H28N2O2. The number of hydrogen-bond acceptors (Lipinski definition) is 2. The molecular weight excluding hydrogens is 240 g/mol. The minimum Gasteiger partial charge on any atom is -0.370 e. The number of primary amides is 1. The quantitative estimate of drug-likeness (QED) is 0.779. The van der Waals surface area contributed by atoms with Crippen molar-refractivity contribution in [1.29, 1.82) is 0 Å². The van der Waals surface area contributed by atoms with Crippen LogP contribution in [0.1, 0.15) is 72.1 Å². The second kappa shape index (κ2) is 6.92. The van der Waals surface area contributed by atoms with E-state index in [1.54, 1.807) is 0 Å². The Kier molecular flexibility index (Phi) is 5.83. The van der Waals surface area contributed by atoms with Crippen molar-refractivity contribution in [2.75, 3.05) is 0 Å². The zero-order valence-corrected chi connectivity index (χ0v) is 12.6. The summed E-state index contributed by atoms with van der Waals surface area (Å²) in [4.78, 5) is 25.2. The van der Waals surface area contributed by atoms with Gasteiger partial charge in [-0.05, 0) is 46.5 Å². The molecule has 1 unspecified atom stereocenters. The first-order chi connectivity index (χ1) is 8.84. The maximum Gasteiger partial charge on any atom is 0.223 e. The molecule has 1 heterocycles. The summed E-state index contributed by atoms with van der Waals surface area (Å²) in [7, 11) is 0. The molecule has 0 saturated carbocycles. The molecule has 0 bridgehead atoms. The Morgan fingerprint density at radius 3 is 2.47 bits per heavy atom. The number of hydrogen-bond donors (Lipinski definition) is 1. The highest BCUT2D eigenvalue weighted by atomic mass is 16.2. The summed E-state index contributed by atoms with van der Waals surface area (Å²) in [6.45, 7) is 6.47. The molecule has 1 aliphatic heterocycles. The predicted molar refractivity (Wildman–Crippen MR) is 76.5 cm³/mol. The summed E-state index contributed by atoms with van der Waals surface area (Å²) in [6.07, 6.45) is 6.94. The first-order valence-electron chi connectivity index (χ1n) is 7.45. The van der Waals surface area contributed by atoms with Gasteiger partial charge >= 0.3 is 0 Å². The van der Waals surface area contributed by atoms with Gasteiger partial charge in [0.15, 0.2) is 0 Å². The average molecular weight is 268 g/mol. The van der Waals surface area contributed by atoms with Crippen LogP contribution in [0.25, 0.3) is 0 Å². The zero-order valence-electron chi connectivity index (χ0n) is 12.6. The fraction of sp³-hybridized carbons (Fsp3) is 0.867. The molecule has 0 aliphatic carbocycles.